The van der Waals surface area contributed by atoms with Crippen LogP contribution in [0.3, 0.4) is 0 Å². The molecule has 4 heteroatoms. The molecule has 2 unspecified atom stereocenters. The van der Waals surface area contributed by atoms with Gasteiger partial charge in [-0.2, -0.15) is 0 Å². The van der Waals surface area contributed by atoms with E-state index >= 15 is 0 Å². The zero-order valence-corrected chi connectivity index (χ0v) is 12.4. The van der Waals surface area contributed by atoms with E-state index < -0.39 is 0 Å². The average molecular weight is 313 g/mol. The van der Waals surface area contributed by atoms with E-state index in [4.69, 9.17) is 10.5 Å². The van der Waals surface area contributed by atoms with Crippen LogP contribution in [0.5, 0.6) is 0 Å². The third kappa shape index (κ3) is 3.25. The molecule has 0 amide bonds. The molecule has 2 rings (SSSR count). The molecule has 0 saturated carbocycles. The van der Waals surface area contributed by atoms with Crippen LogP contribution in [0.2, 0.25) is 0 Å². The number of hydrogen-bond acceptors (Lipinski definition) is 3. The van der Waals surface area contributed by atoms with Gasteiger partial charge in [-0.3, -0.25) is 0 Å². The van der Waals surface area contributed by atoms with E-state index in [9.17, 15) is 0 Å². The molecular formula is C14H21BrN2O. The number of hydrogen-bond donors (Lipinski definition) is 2. The van der Waals surface area contributed by atoms with E-state index in [-0.39, 0.29) is 5.54 Å². The lowest BCUT2D eigenvalue weighted by atomic mass is 9.85. The van der Waals surface area contributed by atoms with Crippen molar-refractivity contribution in [3.05, 3.63) is 28.7 Å². The summed E-state index contributed by atoms with van der Waals surface area (Å²) in [7, 11) is 0. The number of nitrogens with one attached hydrogen (secondary N) is 1. The van der Waals surface area contributed by atoms with Crippen LogP contribution in [0.1, 0.15) is 26.2 Å². The van der Waals surface area contributed by atoms with Gasteiger partial charge < -0.3 is 15.8 Å². The SMILES string of the molecule is CCC1CC(CN)(Nc2ccc(Br)cc2)CCO1. The second-order valence-corrected chi connectivity index (χ2v) is 5.89. The first kappa shape index (κ1) is 13.8. The van der Waals surface area contributed by atoms with E-state index in [0.717, 1.165) is 36.0 Å². The van der Waals surface area contributed by atoms with Gasteiger partial charge in [-0.15, -0.1) is 0 Å². The summed E-state index contributed by atoms with van der Waals surface area (Å²) in [5.41, 5.74) is 7.11. The summed E-state index contributed by atoms with van der Waals surface area (Å²) in [6.07, 6.45) is 3.32. The molecule has 18 heavy (non-hydrogen) atoms. The highest BCUT2D eigenvalue weighted by Gasteiger charge is 2.35. The van der Waals surface area contributed by atoms with Gasteiger partial charge in [-0.05, 0) is 43.5 Å². The smallest absolute Gasteiger partial charge is 0.0595 e. The molecule has 1 aromatic carbocycles. The third-order valence-electron chi connectivity index (χ3n) is 3.65. The monoisotopic (exact) mass is 312 g/mol. The Morgan fingerprint density at radius 1 is 1.44 bits per heavy atom. The molecule has 1 aliphatic heterocycles. The van der Waals surface area contributed by atoms with Crippen molar-refractivity contribution in [2.24, 2.45) is 5.73 Å². The fraction of sp³-hybridized carbons (Fsp3) is 0.571. The molecule has 1 heterocycles. The second-order valence-electron chi connectivity index (χ2n) is 4.97. The molecule has 1 aromatic rings. The predicted molar refractivity (Wildman–Crippen MR) is 78.8 cm³/mol. The van der Waals surface area contributed by atoms with Crippen LogP contribution in [0.25, 0.3) is 0 Å². The van der Waals surface area contributed by atoms with E-state index in [1.807, 2.05) is 12.1 Å². The Balaban J connectivity index is 2.09. The predicted octanol–water partition coefficient (Wildman–Crippen LogP) is 3.15. The van der Waals surface area contributed by atoms with Crippen LogP contribution in [-0.2, 0) is 4.74 Å². The van der Waals surface area contributed by atoms with Gasteiger partial charge in [0.2, 0.25) is 0 Å². The molecule has 1 fully saturated rings. The van der Waals surface area contributed by atoms with Crippen molar-refractivity contribution >= 4 is 21.6 Å². The number of benzene rings is 1. The summed E-state index contributed by atoms with van der Waals surface area (Å²) in [6.45, 7) is 3.60. The molecule has 0 spiro atoms. The molecule has 2 atom stereocenters. The van der Waals surface area contributed by atoms with Gasteiger partial charge in [0, 0.05) is 23.3 Å². The highest BCUT2D eigenvalue weighted by molar-refractivity contribution is 9.10. The first-order valence-corrected chi connectivity index (χ1v) is 7.32. The normalized spacial score (nSPS) is 28.1. The highest BCUT2D eigenvalue weighted by Crippen LogP contribution is 2.30. The Morgan fingerprint density at radius 2 is 2.17 bits per heavy atom. The minimum Gasteiger partial charge on any atom is -0.378 e. The van der Waals surface area contributed by atoms with E-state index in [0.29, 0.717) is 12.6 Å². The molecule has 0 radical (unpaired) electrons. The molecule has 0 aliphatic carbocycles. The maximum absolute atomic E-state index is 6.01. The molecule has 0 bridgehead atoms. The highest BCUT2D eigenvalue weighted by atomic mass is 79.9. The molecule has 1 aliphatic rings. The van der Waals surface area contributed by atoms with Gasteiger partial charge in [0.25, 0.3) is 0 Å². The van der Waals surface area contributed by atoms with Crippen molar-refractivity contribution in [1.29, 1.82) is 0 Å². The van der Waals surface area contributed by atoms with Crippen molar-refractivity contribution in [3.8, 4) is 0 Å². The lowest BCUT2D eigenvalue weighted by molar-refractivity contribution is -0.0125. The Hall–Kier alpha value is -0.580. The Labute approximate surface area is 117 Å². The molecule has 3 nitrogen and oxygen atoms in total. The minimum absolute atomic E-state index is 0.0211. The van der Waals surface area contributed by atoms with E-state index in [1.54, 1.807) is 0 Å². The lowest BCUT2D eigenvalue weighted by Gasteiger charge is -2.41. The van der Waals surface area contributed by atoms with Gasteiger partial charge in [-0.25, -0.2) is 0 Å². The molecule has 3 N–H and O–H groups in total. The molecule has 0 aromatic heterocycles. The standard InChI is InChI=1S/C14H21BrN2O/c1-2-13-9-14(10-16,7-8-18-13)17-12-5-3-11(15)4-6-12/h3-6,13,17H,2,7-10,16H2,1H3. The number of ether oxygens (including phenoxy) is 1. The maximum Gasteiger partial charge on any atom is 0.0595 e. The van der Waals surface area contributed by atoms with E-state index in [2.05, 4.69) is 40.3 Å². The van der Waals surface area contributed by atoms with Crippen molar-refractivity contribution in [2.45, 2.75) is 37.8 Å². The zero-order valence-electron chi connectivity index (χ0n) is 10.8. The fourth-order valence-corrected chi connectivity index (χ4v) is 2.73. The number of rotatable bonds is 4. The largest absolute Gasteiger partial charge is 0.378 e. The van der Waals surface area contributed by atoms with Crippen LogP contribution in [0, 0.1) is 0 Å². The summed E-state index contributed by atoms with van der Waals surface area (Å²) in [5.74, 6) is 0. The van der Waals surface area contributed by atoms with Crippen LogP contribution >= 0.6 is 15.9 Å². The van der Waals surface area contributed by atoms with Crippen LogP contribution in [-0.4, -0.2) is 24.8 Å². The van der Waals surface area contributed by atoms with Crippen LogP contribution in [0.4, 0.5) is 5.69 Å². The number of nitrogens with two attached hydrogens (primary N) is 1. The molecular weight excluding hydrogens is 292 g/mol. The first-order chi connectivity index (χ1) is 8.67. The fourth-order valence-electron chi connectivity index (χ4n) is 2.47. The second kappa shape index (κ2) is 6.04. The van der Waals surface area contributed by atoms with Crippen molar-refractivity contribution in [1.82, 2.24) is 0 Å². The van der Waals surface area contributed by atoms with Gasteiger partial charge in [0.15, 0.2) is 0 Å². The lowest BCUT2D eigenvalue weighted by Crippen LogP contribution is -2.52. The molecule has 100 valence electrons. The third-order valence-corrected chi connectivity index (χ3v) is 4.18. The summed E-state index contributed by atoms with van der Waals surface area (Å²) in [6, 6.07) is 8.25. The average Bonchev–Trinajstić information content (AvgIpc) is 2.42. The van der Waals surface area contributed by atoms with Gasteiger partial charge >= 0.3 is 0 Å². The summed E-state index contributed by atoms with van der Waals surface area (Å²) in [4.78, 5) is 0. The number of anilines is 1. The quantitative estimate of drug-likeness (QED) is 0.898. The Kier molecular flexibility index (Phi) is 4.65. The van der Waals surface area contributed by atoms with Crippen molar-refractivity contribution in [2.75, 3.05) is 18.5 Å². The summed E-state index contributed by atoms with van der Waals surface area (Å²) >= 11 is 3.45. The molecule has 1 saturated heterocycles. The summed E-state index contributed by atoms with van der Waals surface area (Å²) < 4.78 is 6.83. The van der Waals surface area contributed by atoms with Gasteiger partial charge in [0.05, 0.1) is 11.6 Å². The van der Waals surface area contributed by atoms with E-state index in [1.165, 1.54) is 0 Å². The first-order valence-electron chi connectivity index (χ1n) is 6.53. The van der Waals surface area contributed by atoms with Gasteiger partial charge in [-0.1, -0.05) is 22.9 Å². The number of halogens is 1. The minimum atomic E-state index is -0.0211. The Morgan fingerprint density at radius 3 is 2.78 bits per heavy atom. The van der Waals surface area contributed by atoms with Crippen molar-refractivity contribution < 1.29 is 4.74 Å². The summed E-state index contributed by atoms with van der Waals surface area (Å²) in [5, 5.41) is 3.61. The van der Waals surface area contributed by atoms with Crippen molar-refractivity contribution in [3.63, 3.8) is 0 Å². The zero-order chi connectivity index (χ0) is 13.0. The van der Waals surface area contributed by atoms with Gasteiger partial charge in [0.1, 0.15) is 0 Å². The van der Waals surface area contributed by atoms with Crippen LogP contribution < -0.4 is 11.1 Å². The topological polar surface area (TPSA) is 47.3 Å². The van der Waals surface area contributed by atoms with Crippen LogP contribution in [0.15, 0.2) is 28.7 Å². The Bertz CT molecular complexity index is 382. The maximum atomic E-state index is 6.01.